The number of anilines is 2. The second-order valence-corrected chi connectivity index (χ2v) is 9.12. The van der Waals surface area contributed by atoms with E-state index in [1.165, 1.54) is 11.9 Å². The number of piperidine rings is 1. The molecule has 5 nitrogen and oxygen atoms in total. The fourth-order valence-electron chi connectivity index (χ4n) is 4.78. The largest absolute Gasteiger partial charge is 0.340 e. The third-order valence-corrected chi connectivity index (χ3v) is 6.76. The summed E-state index contributed by atoms with van der Waals surface area (Å²) in [6.45, 7) is 3.09. The minimum absolute atomic E-state index is 0.0152. The maximum atomic E-state index is 13.9. The first kappa shape index (κ1) is 22.4. The van der Waals surface area contributed by atoms with Gasteiger partial charge in [0.15, 0.2) is 5.78 Å². The molecule has 1 aliphatic carbocycles. The van der Waals surface area contributed by atoms with Crippen molar-refractivity contribution < 1.29 is 9.18 Å². The first-order valence-corrected chi connectivity index (χ1v) is 12.0. The Kier molecular flexibility index (Phi) is 6.77. The van der Waals surface area contributed by atoms with Crippen LogP contribution in [0.2, 0.25) is 0 Å². The number of halogens is 1. The van der Waals surface area contributed by atoms with Crippen molar-refractivity contribution in [2.75, 3.05) is 18.4 Å². The molecule has 174 valence electrons. The van der Waals surface area contributed by atoms with E-state index in [0.29, 0.717) is 35.8 Å². The second-order valence-electron chi connectivity index (χ2n) is 9.12. The number of nitrogens with zero attached hydrogens (tertiary/aromatic N) is 3. The third kappa shape index (κ3) is 5.23. The van der Waals surface area contributed by atoms with Gasteiger partial charge in [0.1, 0.15) is 18.3 Å². The lowest BCUT2D eigenvalue weighted by Gasteiger charge is -2.30. The summed E-state index contributed by atoms with van der Waals surface area (Å²) < 4.78 is 13.9. The first-order chi connectivity index (χ1) is 16.7. The van der Waals surface area contributed by atoms with Crippen LogP contribution in [0, 0.1) is 5.92 Å². The zero-order chi connectivity index (χ0) is 23.3. The molecule has 0 saturated carbocycles. The van der Waals surface area contributed by atoms with Crippen LogP contribution < -0.4 is 5.32 Å². The highest BCUT2D eigenvalue weighted by Gasteiger charge is 2.26. The molecule has 6 heteroatoms. The number of fused-ring (bicyclic) bond motifs is 1. The monoisotopic (exact) mass is 456 g/mol. The van der Waals surface area contributed by atoms with Crippen LogP contribution in [0.3, 0.4) is 0 Å². The van der Waals surface area contributed by atoms with Gasteiger partial charge in [-0.25, -0.2) is 14.4 Å². The molecule has 1 unspecified atom stereocenters. The van der Waals surface area contributed by atoms with Crippen molar-refractivity contribution in [3.63, 3.8) is 0 Å². The molecule has 1 aliphatic heterocycles. The summed E-state index contributed by atoms with van der Waals surface area (Å²) in [5.41, 5.74) is 4.14. The van der Waals surface area contributed by atoms with E-state index in [4.69, 9.17) is 0 Å². The highest BCUT2D eigenvalue weighted by molar-refractivity contribution is 6.04. The van der Waals surface area contributed by atoms with Gasteiger partial charge in [0.05, 0.1) is 5.69 Å². The molecule has 0 spiro atoms. The molecule has 0 bridgehead atoms. The third-order valence-electron chi connectivity index (χ3n) is 6.76. The quantitative estimate of drug-likeness (QED) is 0.358. The summed E-state index contributed by atoms with van der Waals surface area (Å²) in [6, 6.07) is 17.9. The molecule has 1 atom stereocenters. The molecule has 2 aliphatic rings. The summed E-state index contributed by atoms with van der Waals surface area (Å²) in [5.74, 6) is 1.10. The number of benzene rings is 2. The van der Waals surface area contributed by atoms with Crippen molar-refractivity contribution in [3.05, 3.63) is 95.5 Å². The highest BCUT2D eigenvalue weighted by atomic mass is 19.1. The molecule has 3 aromatic rings. The Balaban J connectivity index is 1.13. The van der Waals surface area contributed by atoms with Crippen molar-refractivity contribution >= 4 is 17.3 Å². The number of hydrogen-bond donors (Lipinski definition) is 1. The number of nitrogens with one attached hydrogen (secondary N) is 1. The number of ketones is 1. The molecular weight excluding hydrogens is 427 g/mol. The zero-order valence-electron chi connectivity index (χ0n) is 19.2. The number of allylic oxidation sites excluding steroid dienone is 2. The number of carbonyl (C=O) groups is 1. The van der Waals surface area contributed by atoms with E-state index in [9.17, 15) is 9.18 Å². The van der Waals surface area contributed by atoms with Crippen molar-refractivity contribution in [2.24, 2.45) is 5.92 Å². The van der Waals surface area contributed by atoms with Crippen LogP contribution in [0.5, 0.6) is 0 Å². The molecule has 1 saturated heterocycles. The number of likely N-dealkylation sites (tertiary alicyclic amines) is 1. The van der Waals surface area contributed by atoms with Crippen LogP contribution in [-0.4, -0.2) is 33.7 Å². The fourth-order valence-corrected chi connectivity index (χ4v) is 4.78. The Morgan fingerprint density at radius 1 is 1.03 bits per heavy atom. The summed E-state index contributed by atoms with van der Waals surface area (Å²) >= 11 is 0. The zero-order valence-corrected chi connectivity index (χ0v) is 19.2. The van der Waals surface area contributed by atoms with E-state index >= 15 is 0 Å². The standard InChI is InChI=1S/C28H29FN4O/c29-25-12-11-24-27(25)30-19-31-28(24)32-23-9-7-22(8-10-23)26(34)13-6-20-14-16-33(17-15-20)18-21-4-2-1-3-5-21/h1-10,13,19-20,25H,11-12,14-18H2,(H,30,31,32). The minimum Gasteiger partial charge on any atom is -0.340 e. The van der Waals surface area contributed by atoms with Gasteiger partial charge in [0, 0.05) is 23.4 Å². The Morgan fingerprint density at radius 3 is 2.56 bits per heavy atom. The molecular formula is C28H29FN4O. The lowest BCUT2D eigenvalue weighted by atomic mass is 9.95. The number of alkyl halides is 1. The van der Waals surface area contributed by atoms with Crippen LogP contribution in [0.1, 0.15) is 52.6 Å². The SMILES string of the molecule is O=C(C=CC1CCN(Cc2ccccc2)CC1)c1ccc(Nc2ncnc3c2CCC3F)cc1. The topological polar surface area (TPSA) is 58.1 Å². The van der Waals surface area contributed by atoms with E-state index < -0.39 is 6.17 Å². The van der Waals surface area contributed by atoms with Gasteiger partial charge in [-0.2, -0.15) is 0 Å². The van der Waals surface area contributed by atoms with Crippen molar-refractivity contribution in [1.82, 2.24) is 14.9 Å². The van der Waals surface area contributed by atoms with Gasteiger partial charge >= 0.3 is 0 Å². The molecule has 5 rings (SSSR count). The number of aromatic nitrogens is 2. The van der Waals surface area contributed by atoms with E-state index in [0.717, 1.165) is 43.7 Å². The van der Waals surface area contributed by atoms with Crippen LogP contribution in [-0.2, 0) is 13.0 Å². The van der Waals surface area contributed by atoms with Crippen LogP contribution >= 0.6 is 0 Å². The Bertz CT molecular complexity index is 1150. The molecule has 1 N–H and O–H groups in total. The van der Waals surface area contributed by atoms with Gasteiger partial charge < -0.3 is 5.32 Å². The first-order valence-electron chi connectivity index (χ1n) is 12.0. The van der Waals surface area contributed by atoms with Crippen molar-refractivity contribution in [3.8, 4) is 0 Å². The lowest BCUT2D eigenvalue weighted by molar-refractivity contribution is 0.104. The summed E-state index contributed by atoms with van der Waals surface area (Å²) in [4.78, 5) is 23.5. The Labute approximate surface area is 199 Å². The fraction of sp³-hybridized carbons (Fsp3) is 0.321. The van der Waals surface area contributed by atoms with E-state index in [1.54, 1.807) is 6.08 Å². The van der Waals surface area contributed by atoms with E-state index in [-0.39, 0.29) is 5.78 Å². The molecule has 34 heavy (non-hydrogen) atoms. The van der Waals surface area contributed by atoms with Gasteiger partial charge in [-0.3, -0.25) is 9.69 Å². The normalized spacial score (nSPS) is 18.8. The van der Waals surface area contributed by atoms with Gasteiger partial charge in [0.25, 0.3) is 0 Å². The Hall–Kier alpha value is -3.38. The van der Waals surface area contributed by atoms with Crippen molar-refractivity contribution in [1.29, 1.82) is 0 Å². The minimum atomic E-state index is -1.01. The maximum Gasteiger partial charge on any atom is 0.185 e. The molecule has 2 aromatic carbocycles. The molecule has 1 fully saturated rings. The van der Waals surface area contributed by atoms with E-state index in [1.807, 2.05) is 30.3 Å². The van der Waals surface area contributed by atoms with Crippen LogP contribution in [0.15, 0.2) is 73.1 Å². The lowest BCUT2D eigenvalue weighted by Crippen LogP contribution is -2.32. The maximum absolute atomic E-state index is 13.9. The number of rotatable bonds is 7. The van der Waals surface area contributed by atoms with E-state index in [2.05, 4.69) is 50.5 Å². The van der Waals surface area contributed by atoms with Gasteiger partial charge in [-0.05, 0) is 80.6 Å². The smallest absolute Gasteiger partial charge is 0.185 e. The van der Waals surface area contributed by atoms with Gasteiger partial charge in [-0.1, -0.05) is 36.4 Å². The van der Waals surface area contributed by atoms with Gasteiger partial charge in [-0.15, -0.1) is 0 Å². The summed E-state index contributed by atoms with van der Waals surface area (Å²) in [5, 5.41) is 3.24. The average Bonchev–Trinajstić information content (AvgIpc) is 3.26. The predicted molar refractivity (Wildman–Crippen MR) is 132 cm³/mol. The molecule has 0 amide bonds. The van der Waals surface area contributed by atoms with Gasteiger partial charge in [0.2, 0.25) is 0 Å². The highest BCUT2D eigenvalue weighted by Crippen LogP contribution is 2.36. The van der Waals surface area contributed by atoms with Crippen LogP contribution in [0.25, 0.3) is 0 Å². The molecule has 0 radical (unpaired) electrons. The average molecular weight is 457 g/mol. The Morgan fingerprint density at radius 2 is 1.79 bits per heavy atom. The number of hydrogen-bond acceptors (Lipinski definition) is 5. The summed E-state index contributed by atoms with van der Waals surface area (Å²) in [7, 11) is 0. The summed E-state index contributed by atoms with van der Waals surface area (Å²) in [6.07, 6.45) is 7.41. The predicted octanol–water partition coefficient (Wildman–Crippen LogP) is 5.83. The molecule has 1 aromatic heterocycles. The van der Waals surface area contributed by atoms with Crippen LogP contribution in [0.4, 0.5) is 15.9 Å². The van der Waals surface area contributed by atoms with Crippen molar-refractivity contribution in [2.45, 2.75) is 38.4 Å². The second kappa shape index (κ2) is 10.3. The number of carbonyl (C=O) groups excluding carboxylic acids is 1. The molecule has 2 heterocycles.